The summed E-state index contributed by atoms with van der Waals surface area (Å²) in [5, 5.41) is 3.09. The van der Waals surface area contributed by atoms with Gasteiger partial charge in [-0.2, -0.15) is 0 Å². The van der Waals surface area contributed by atoms with Crippen LogP contribution >= 0.6 is 0 Å². The Morgan fingerprint density at radius 3 is 2.34 bits per heavy atom. The Kier molecular flexibility index (Phi) is 8.54. The first-order chi connectivity index (χ1) is 22.0. The molecular formula is C34H39N3O10. The Morgan fingerprint density at radius 1 is 1.00 bits per heavy atom. The zero-order valence-electron chi connectivity index (χ0n) is 27.8. The van der Waals surface area contributed by atoms with E-state index in [1.54, 1.807) is 77.3 Å². The van der Waals surface area contributed by atoms with Gasteiger partial charge in [0, 0.05) is 16.5 Å². The summed E-state index contributed by atoms with van der Waals surface area (Å²) in [5.41, 5.74) is -0.0759. The average molecular weight is 650 g/mol. The number of pyridine rings is 2. The van der Waals surface area contributed by atoms with E-state index in [0.717, 1.165) is 16.5 Å². The molecule has 1 amide bonds. The number of alkyl carbamates (subject to hydrolysis) is 1. The van der Waals surface area contributed by atoms with Crippen molar-refractivity contribution in [2.45, 2.75) is 98.2 Å². The Hall–Kier alpha value is -4.94. The van der Waals surface area contributed by atoms with Crippen LogP contribution < -0.4 is 15.6 Å². The third kappa shape index (κ3) is 6.51. The molecule has 47 heavy (non-hydrogen) atoms. The van der Waals surface area contributed by atoms with Crippen LogP contribution in [0.3, 0.4) is 0 Å². The minimum atomic E-state index is -1.92. The summed E-state index contributed by atoms with van der Waals surface area (Å²) in [5.74, 6) is -1.44. The van der Waals surface area contributed by atoms with Crippen LogP contribution in [0.4, 0.5) is 9.59 Å². The van der Waals surface area contributed by atoms with Gasteiger partial charge in [0.25, 0.3) is 5.56 Å². The highest BCUT2D eigenvalue weighted by Gasteiger charge is 2.50. The summed E-state index contributed by atoms with van der Waals surface area (Å²) in [4.78, 5) is 69.6. The van der Waals surface area contributed by atoms with Crippen molar-refractivity contribution in [1.29, 1.82) is 0 Å². The molecule has 1 N–H and O–H groups in total. The van der Waals surface area contributed by atoms with Gasteiger partial charge in [-0.1, -0.05) is 13.8 Å². The minimum Gasteiger partial charge on any atom is -0.457 e. The van der Waals surface area contributed by atoms with Gasteiger partial charge >= 0.3 is 24.2 Å². The maximum atomic E-state index is 14.0. The monoisotopic (exact) mass is 649 g/mol. The molecule has 0 radical (unpaired) electrons. The fraction of sp³-hybridized carbons (Fsp3) is 0.471. The Morgan fingerprint density at radius 2 is 1.70 bits per heavy atom. The quantitative estimate of drug-likeness (QED) is 0.169. The smallest absolute Gasteiger partial charge is 0.457 e. The van der Waals surface area contributed by atoms with E-state index in [2.05, 4.69) is 5.32 Å². The maximum Gasteiger partial charge on any atom is 0.514 e. The van der Waals surface area contributed by atoms with Crippen LogP contribution in [0.2, 0.25) is 0 Å². The van der Waals surface area contributed by atoms with E-state index in [9.17, 15) is 24.0 Å². The molecule has 2 aliphatic heterocycles. The number of carbonyl (C=O) groups is 4. The average Bonchev–Trinajstić information content (AvgIpc) is 3.33. The van der Waals surface area contributed by atoms with Crippen molar-refractivity contribution in [3.8, 4) is 17.1 Å². The second kappa shape index (κ2) is 12.0. The van der Waals surface area contributed by atoms with Gasteiger partial charge in [-0.15, -0.1) is 0 Å². The largest absolute Gasteiger partial charge is 0.514 e. The number of aryl methyl sites for hydroxylation is 1. The zero-order chi connectivity index (χ0) is 34.5. The molecule has 0 bridgehead atoms. The van der Waals surface area contributed by atoms with Gasteiger partial charge in [0.2, 0.25) is 5.60 Å². The number of carbonyl (C=O) groups excluding carboxylic acids is 4. The molecule has 13 nitrogen and oxygen atoms in total. The zero-order valence-corrected chi connectivity index (χ0v) is 27.8. The lowest BCUT2D eigenvalue weighted by molar-refractivity contribution is -0.188. The lowest BCUT2D eigenvalue weighted by atomic mass is 9.85. The van der Waals surface area contributed by atoms with Crippen molar-refractivity contribution in [1.82, 2.24) is 14.9 Å². The van der Waals surface area contributed by atoms with E-state index in [0.29, 0.717) is 23.3 Å². The number of nitrogens with zero attached hydrogens (tertiary/aromatic N) is 2. The summed E-state index contributed by atoms with van der Waals surface area (Å²) < 4.78 is 28.6. The molecule has 1 aromatic carbocycles. The molecule has 0 unspecified atom stereocenters. The highest BCUT2D eigenvalue weighted by atomic mass is 16.7. The third-order valence-corrected chi connectivity index (χ3v) is 7.75. The molecule has 2 aliphatic rings. The lowest BCUT2D eigenvalue weighted by Crippen LogP contribution is -2.49. The third-order valence-electron chi connectivity index (χ3n) is 7.75. The summed E-state index contributed by atoms with van der Waals surface area (Å²) in [6.45, 7) is 13.3. The maximum absolute atomic E-state index is 14.0. The summed E-state index contributed by atoms with van der Waals surface area (Å²) in [6, 6.07) is 6.73. The molecular weight excluding hydrogens is 610 g/mol. The Bertz CT molecular complexity index is 1870. The molecule has 250 valence electrons. The van der Waals surface area contributed by atoms with Crippen molar-refractivity contribution in [2.75, 3.05) is 6.54 Å². The molecule has 5 rings (SSSR count). The molecule has 13 heteroatoms. The second-order valence-corrected chi connectivity index (χ2v) is 13.4. The minimum absolute atomic E-state index is 0.0292. The summed E-state index contributed by atoms with van der Waals surface area (Å²) in [7, 11) is 0. The molecule has 0 saturated carbocycles. The highest BCUT2D eigenvalue weighted by Crippen LogP contribution is 2.42. The first-order valence-corrected chi connectivity index (χ1v) is 15.5. The number of ether oxygens (including phenoxy) is 5. The van der Waals surface area contributed by atoms with E-state index in [1.807, 2.05) is 6.92 Å². The molecule has 0 spiro atoms. The highest BCUT2D eigenvalue weighted by molar-refractivity contribution is 5.91. The van der Waals surface area contributed by atoms with Gasteiger partial charge in [-0.25, -0.2) is 19.4 Å². The molecule has 0 fully saturated rings. The van der Waals surface area contributed by atoms with Crippen molar-refractivity contribution in [3.63, 3.8) is 0 Å². The summed E-state index contributed by atoms with van der Waals surface area (Å²) >= 11 is 0. The van der Waals surface area contributed by atoms with Crippen molar-refractivity contribution in [2.24, 2.45) is 0 Å². The van der Waals surface area contributed by atoms with Crippen LogP contribution in [-0.2, 0) is 53.7 Å². The number of hydrogen-bond acceptors (Lipinski definition) is 11. The molecule has 0 aliphatic carbocycles. The summed E-state index contributed by atoms with van der Waals surface area (Å²) in [6.07, 6.45) is -1.10. The topological polar surface area (TPSA) is 161 Å². The fourth-order valence-corrected chi connectivity index (χ4v) is 5.82. The van der Waals surface area contributed by atoms with E-state index in [1.165, 1.54) is 0 Å². The fourth-order valence-electron chi connectivity index (χ4n) is 5.82. The lowest BCUT2D eigenvalue weighted by Gasteiger charge is -2.35. The van der Waals surface area contributed by atoms with Crippen LogP contribution in [0, 0.1) is 0 Å². The Balaban J connectivity index is 1.53. The van der Waals surface area contributed by atoms with E-state index in [-0.39, 0.29) is 36.4 Å². The van der Waals surface area contributed by atoms with E-state index < -0.39 is 53.1 Å². The molecule has 3 aromatic rings. The van der Waals surface area contributed by atoms with Crippen LogP contribution in [-0.4, -0.2) is 51.5 Å². The van der Waals surface area contributed by atoms with Crippen molar-refractivity contribution in [3.05, 3.63) is 56.9 Å². The number of amides is 1. The van der Waals surface area contributed by atoms with Gasteiger partial charge < -0.3 is 33.6 Å². The number of hydrogen-bond donors (Lipinski definition) is 1. The van der Waals surface area contributed by atoms with Gasteiger partial charge in [0.1, 0.15) is 30.1 Å². The normalized spacial score (nSPS) is 16.8. The van der Waals surface area contributed by atoms with Gasteiger partial charge in [0.15, 0.2) is 0 Å². The number of esters is 2. The predicted octanol–water partition coefficient (Wildman–Crippen LogP) is 5.03. The number of fused-ring (bicyclic) bond motifs is 5. The van der Waals surface area contributed by atoms with Crippen molar-refractivity contribution >= 4 is 35.1 Å². The molecule has 2 aromatic heterocycles. The Labute approximate surface area is 271 Å². The standard InChI is InChI=1S/C34H39N3O10/c1-9-19-20-13-18(44-31(42)47-33(6,7)8)11-12-24(20)36-27-21(19)16-37-25(27)14-23-22(28(37)39)17-43-29(40)34(23,10-2)45-26(38)15-35-30(41)46-32(3,4)5/h11-14H,9-10,15-17H2,1-8H3,(H,35,41)/t34-/m0/s1. The first-order valence-electron chi connectivity index (χ1n) is 15.5. The first kappa shape index (κ1) is 33.4. The number of benzene rings is 1. The number of rotatable bonds is 6. The van der Waals surface area contributed by atoms with Crippen LogP contribution in [0.1, 0.15) is 84.1 Å². The van der Waals surface area contributed by atoms with E-state index in [4.69, 9.17) is 28.7 Å². The van der Waals surface area contributed by atoms with Gasteiger partial charge in [0.05, 0.1) is 29.0 Å². The van der Waals surface area contributed by atoms with Gasteiger partial charge in [-0.05, 0) is 84.2 Å². The van der Waals surface area contributed by atoms with Crippen LogP contribution in [0.15, 0.2) is 29.1 Å². The molecule has 1 atom stereocenters. The van der Waals surface area contributed by atoms with Crippen LogP contribution in [0.25, 0.3) is 22.3 Å². The van der Waals surface area contributed by atoms with E-state index >= 15 is 0 Å². The van der Waals surface area contributed by atoms with Gasteiger partial charge in [-0.3, -0.25) is 9.59 Å². The predicted molar refractivity (Wildman–Crippen MR) is 169 cm³/mol. The number of nitrogens with one attached hydrogen (secondary N) is 1. The number of cyclic esters (lactones) is 1. The second-order valence-electron chi connectivity index (χ2n) is 13.4. The van der Waals surface area contributed by atoms with Crippen molar-refractivity contribution < 1.29 is 42.9 Å². The SMILES string of the molecule is CCc1c2c(nc3ccc(OC(=O)OC(C)(C)C)cc13)-c1cc3c(c(=O)n1C2)COC(=O)[C@@]3(CC)OC(=O)CNC(=O)OC(C)(C)C. The van der Waals surface area contributed by atoms with Crippen LogP contribution in [0.5, 0.6) is 5.75 Å². The molecule has 4 heterocycles. The number of aromatic nitrogens is 2. The molecule has 0 saturated heterocycles.